The highest BCUT2D eigenvalue weighted by Crippen LogP contribution is 2.19. The van der Waals surface area contributed by atoms with Gasteiger partial charge in [0.05, 0.1) is 26.2 Å². The zero-order chi connectivity index (χ0) is 8.97. The van der Waals surface area contributed by atoms with Crippen LogP contribution >= 0.6 is 0 Å². The molecule has 0 spiro atoms. The van der Waals surface area contributed by atoms with Crippen molar-refractivity contribution in [1.82, 2.24) is 0 Å². The second-order valence-corrected chi connectivity index (χ2v) is 2.97. The fourth-order valence-electron chi connectivity index (χ4n) is 1.30. The van der Waals surface area contributed by atoms with Crippen LogP contribution in [0.15, 0.2) is 0 Å². The van der Waals surface area contributed by atoms with E-state index in [0.29, 0.717) is 19.6 Å². The number of hydrogen-bond donors (Lipinski definition) is 1. The summed E-state index contributed by atoms with van der Waals surface area (Å²) in [6.07, 6.45) is 0.509. The summed E-state index contributed by atoms with van der Waals surface area (Å²) in [5, 5.41) is 9.38. The largest absolute Gasteiger partial charge is 0.469 e. The van der Waals surface area contributed by atoms with Crippen molar-refractivity contribution < 1.29 is 19.4 Å². The van der Waals surface area contributed by atoms with Gasteiger partial charge in [0, 0.05) is 6.61 Å². The summed E-state index contributed by atoms with van der Waals surface area (Å²) in [7, 11) is 1.36. The van der Waals surface area contributed by atoms with E-state index in [-0.39, 0.29) is 11.9 Å². The van der Waals surface area contributed by atoms with Crippen LogP contribution in [0.2, 0.25) is 0 Å². The molecule has 0 bridgehead atoms. The summed E-state index contributed by atoms with van der Waals surface area (Å²) < 4.78 is 9.54. The smallest absolute Gasteiger partial charge is 0.305 e. The molecule has 4 heteroatoms. The van der Waals surface area contributed by atoms with Gasteiger partial charge in [0.2, 0.25) is 0 Å². The highest BCUT2D eigenvalue weighted by Gasteiger charge is 2.25. The number of carbonyl (C=O) groups is 1. The summed E-state index contributed by atoms with van der Waals surface area (Å²) in [6, 6.07) is 0. The third-order valence-corrected chi connectivity index (χ3v) is 2.12. The SMILES string of the molecule is COC(=O)C[C@H]1CCOC[C@H]1O. The molecule has 1 heterocycles. The summed E-state index contributed by atoms with van der Waals surface area (Å²) in [5.41, 5.74) is 0. The molecule has 0 amide bonds. The molecule has 2 atom stereocenters. The van der Waals surface area contributed by atoms with Crippen molar-refractivity contribution in [2.24, 2.45) is 5.92 Å². The van der Waals surface area contributed by atoms with Gasteiger partial charge in [-0.2, -0.15) is 0 Å². The van der Waals surface area contributed by atoms with Crippen LogP contribution in [0, 0.1) is 5.92 Å². The third kappa shape index (κ3) is 2.46. The molecule has 0 saturated carbocycles. The normalized spacial score (nSPS) is 29.8. The van der Waals surface area contributed by atoms with Gasteiger partial charge in [-0.1, -0.05) is 0 Å². The fourth-order valence-corrected chi connectivity index (χ4v) is 1.30. The van der Waals surface area contributed by atoms with E-state index in [4.69, 9.17) is 4.74 Å². The van der Waals surface area contributed by atoms with E-state index in [2.05, 4.69) is 4.74 Å². The highest BCUT2D eigenvalue weighted by atomic mass is 16.5. The first-order valence-corrected chi connectivity index (χ1v) is 4.06. The van der Waals surface area contributed by atoms with Gasteiger partial charge in [-0.05, 0) is 12.3 Å². The van der Waals surface area contributed by atoms with Crippen LogP contribution in [0.1, 0.15) is 12.8 Å². The molecular formula is C8H14O4. The Balaban J connectivity index is 2.33. The zero-order valence-corrected chi connectivity index (χ0v) is 7.16. The molecule has 1 aliphatic rings. The van der Waals surface area contributed by atoms with E-state index < -0.39 is 6.10 Å². The van der Waals surface area contributed by atoms with Crippen molar-refractivity contribution in [2.45, 2.75) is 18.9 Å². The standard InChI is InChI=1S/C8H14O4/c1-11-8(10)4-6-2-3-12-5-7(6)9/h6-7,9H,2-5H2,1H3/t6-,7-/m1/s1. The molecule has 12 heavy (non-hydrogen) atoms. The van der Waals surface area contributed by atoms with Gasteiger partial charge >= 0.3 is 5.97 Å². The monoisotopic (exact) mass is 174 g/mol. The maximum atomic E-state index is 10.9. The van der Waals surface area contributed by atoms with Crippen LogP contribution in [0.25, 0.3) is 0 Å². The minimum Gasteiger partial charge on any atom is -0.469 e. The second-order valence-electron chi connectivity index (χ2n) is 2.97. The third-order valence-electron chi connectivity index (χ3n) is 2.12. The average Bonchev–Trinajstić information content (AvgIpc) is 2.09. The molecule has 1 rings (SSSR count). The Kier molecular flexibility index (Phi) is 3.49. The van der Waals surface area contributed by atoms with E-state index >= 15 is 0 Å². The van der Waals surface area contributed by atoms with Crippen molar-refractivity contribution in [3.63, 3.8) is 0 Å². The Morgan fingerprint density at radius 1 is 1.75 bits per heavy atom. The predicted octanol–water partition coefficient (Wildman–Crippen LogP) is -0.0531. The van der Waals surface area contributed by atoms with Crippen molar-refractivity contribution in [3.8, 4) is 0 Å². The van der Waals surface area contributed by atoms with Crippen molar-refractivity contribution in [1.29, 1.82) is 0 Å². The molecular weight excluding hydrogens is 160 g/mol. The Bertz CT molecular complexity index is 157. The predicted molar refractivity (Wildman–Crippen MR) is 41.6 cm³/mol. The first kappa shape index (κ1) is 9.48. The van der Waals surface area contributed by atoms with Gasteiger partial charge in [-0.15, -0.1) is 0 Å². The number of hydrogen-bond acceptors (Lipinski definition) is 4. The maximum absolute atomic E-state index is 10.9. The van der Waals surface area contributed by atoms with Gasteiger partial charge in [0.25, 0.3) is 0 Å². The van der Waals surface area contributed by atoms with E-state index in [1.165, 1.54) is 7.11 Å². The molecule has 1 fully saturated rings. The summed E-state index contributed by atoms with van der Waals surface area (Å²) >= 11 is 0. The zero-order valence-electron chi connectivity index (χ0n) is 7.16. The summed E-state index contributed by atoms with van der Waals surface area (Å²) in [6.45, 7) is 0.959. The molecule has 0 aromatic rings. The van der Waals surface area contributed by atoms with Gasteiger partial charge < -0.3 is 14.6 Å². The Morgan fingerprint density at radius 2 is 2.50 bits per heavy atom. The molecule has 1 N–H and O–H groups in total. The Hall–Kier alpha value is -0.610. The molecule has 0 radical (unpaired) electrons. The minimum atomic E-state index is -0.516. The van der Waals surface area contributed by atoms with E-state index in [1.807, 2.05) is 0 Å². The molecule has 0 aromatic heterocycles. The van der Waals surface area contributed by atoms with Gasteiger partial charge in [0.15, 0.2) is 0 Å². The Morgan fingerprint density at radius 3 is 3.08 bits per heavy atom. The summed E-state index contributed by atoms with van der Waals surface area (Å²) in [5.74, 6) is -0.257. The lowest BCUT2D eigenvalue weighted by molar-refractivity contribution is -0.144. The van der Waals surface area contributed by atoms with Crippen LogP contribution in [-0.2, 0) is 14.3 Å². The van der Waals surface area contributed by atoms with Gasteiger partial charge in [-0.3, -0.25) is 4.79 Å². The minimum absolute atomic E-state index is 0.00574. The maximum Gasteiger partial charge on any atom is 0.305 e. The van der Waals surface area contributed by atoms with Crippen molar-refractivity contribution in [2.75, 3.05) is 20.3 Å². The molecule has 1 aliphatic heterocycles. The molecule has 4 nitrogen and oxygen atoms in total. The Labute approximate surface area is 71.5 Å². The first-order chi connectivity index (χ1) is 5.74. The van der Waals surface area contributed by atoms with E-state index in [0.717, 1.165) is 6.42 Å². The topological polar surface area (TPSA) is 55.8 Å². The number of aliphatic hydroxyl groups is 1. The van der Waals surface area contributed by atoms with Crippen LogP contribution in [0.5, 0.6) is 0 Å². The number of methoxy groups -OCH3 is 1. The number of esters is 1. The second kappa shape index (κ2) is 4.42. The molecule has 0 aromatic carbocycles. The molecule has 1 saturated heterocycles. The lowest BCUT2D eigenvalue weighted by Crippen LogP contribution is -2.33. The van der Waals surface area contributed by atoms with Gasteiger partial charge in [0.1, 0.15) is 0 Å². The van der Waals surface area contributed by atoms with Crippen LogP contribution in [-0.4, -0.2) is 37.5 Å². The van der Waals surface area contributed by atoms with Gasteiger partial charge in [-0.25, -0.2) is 0 Å². The quantitative estimate of drug-likeness (QED) is 0.596. The van der Waals surface area contributed by atoms with E-state index in [9.17, 15) is 9.90 Å². The number of rotatable bonds is 2. The number of aliphatic hydroxyl groups excluding tert-OH is 1. The molecule has 70 valence electrons. The summed E-state index contributed by atoms with van der Waals surface area (Å²) in [4.78, 5) is 10.9. The van der Waals surface area contributed by atoms with Crippen LogP contribution in [0.4, 0.5) is 0 Å². The van der Waals surface area contributed by atoms with E-state index in [1.54, 1.807) is 0 Å². The van der Waals surface area contributed by atoms with Crippen LogP contribution in [0.3, 0.4) is 0 Å². The molecule has 0 aliphatic carbocycles. The average molecular weight is 174 g/mol. The molecule has 0 unspecified atom stereocenters. The fraction of sp³-hybridized carbons (Fsp3) is 0.875. The number of carbonyl (C=O) groups excluding carboxylic acids is 1. The van der Waals surface area contributed by atoms with Crippen molar-refractivity contribution >= 4 is 5.97 Å². The highest BCUT2D eigenvalue weighted by molar-refractivity contribution is 5.69. The lowest BCUT2D eigenvalue weighted by atomic mass is 9.94. The van der Waals surface area contributed by atoms with Crippen LogP contribution < -0.4 is 0 Å². The van der Waals surface area contributed by atoms with Crippen molar-refractivity contribution in [3.05, 3.63) is 0 Å². The number of ether oxygens (including phenoxy) is 2. The first-order valence-electron chi connectivity index (χ1n) is 4.06. The lowest BCUT2D eigenvalue weighted by Gasteiger charge is -2.26.